The summed E-state index contributed by atoms with van der Waals surface area (Å²) >= 11 is 1.56. The summed E-state index contributed by atoms with van der Waals surface area (Å²) in [5.74, 6) is 5.17. The molecule has 2 aliphatic heterocycles. The first-order valence-corrected chi connectivity index (χ1v) is 6.64. The van der Waals surface area contributed by atoms with Gasteiger partial charge in [0, 0.05) is 23.7 Å². The first-order valence-electron chi connectivity index (χ1n) is 5.83. The van der Waals surface area contributed by atoms with E-state index in [1.165, 1.54) is 6.42 Å². The van der Waals surface area contributed by atoms with Crippen molar-refractivity contribution in [1.82, 2.24) is 0 Å². The van der Waals surface area contributed by atoms with Crippen LogP contribution in [-0.2, 0) is 0 Å². The van der Waals surface area contributed by atoms with E-state index >= 15 is 0 Å². The molecular formula is C11H12O2S. The van der Waals surface area contributed by atoms with Gasteiger partial charge >= 0.3 is 0 Å². The predicted octanol–water partition coefficient (Wildman–Crippen LogP) is 0.498. The zero-order chi connectivity index (χ0) is 9.03. The van der Waals surface area contributed by atoms with Crippen LogP contribution in [0, 0.1) is 47.3 Å². The molecule has 5 aliphatic carbocycles. The van der Waals surface area contributed by atoms with Crippen molar-refractivity contribution in [2.45, 2.75) is 16.3 Å². The summed E-state index contributed by atoms with van der Waals surface area (Å²) in [5.41, 5.74) is 0. The Bertz CT molecular complexity index is 372. The first-order chi connectivity index (χ1) is 6.68. The van der Waals surface area contributed by atoms with E-state index in [2.05, 4.69) is 0 Å². The fourth-order valence-electron chi connectivity index (χ4n) is 7.02. The van der Waals surface area contributed by atoms with Crippen molar-refractivity contribution in [2.24, 2.45) is 47.3 Å². The Balaban J connectivity index is 1.83. The fraction of sp³-hybridized carbons (Fsp3) is 1.00. The third-order valence-corrected chi connectivity index (χ3v) is 8.48. The van der Waals surface area contributed by atoms with Crippen LogP contribution in [0.3, 0.4) is 0 Å². The second-order valence-electron chi connectivity index (χ2n) is 6.43. The highest BCUT2D eigenvalue weighted by atomic mass is 32.2. The van der Waals surface area contributed by atoms with E-state index in [0.717, 1.165) is 23.7 Å². The summed E-state index contributed by atoms with van der Waals surface area (Å²) in [6.07, 6.45) is 1.34. The zero-order valence-corrected chi connectivity index (χ0v) is 8.45. The Morgan fingerprint density at radius 2 is 1.36 bits per heavy atom. The molecule has 0 aromatic carbocycles. The summed E-state index contributed by atoms with van der Waals surface area (Å²) in [5, 5.41) is 21.4. The van der Waals surface area contributed by atoms with Crippen LogP contribution >= 0.6 is 11.8 Å². The van der Waals surface area contributed by atoms with E-state index < -0.39 is 9.87 Å². The molecule has 10 unspecified atom stereocenters. The minimum Gasteiger partial charge on any atom is -0.379 e. The lowest BCUT2D eigenvalue weighted by atomic mass is 9.58. The van der Waals surface area contributed by atoms with Gasteiger partial charge in [0.25, 0.3) is 0 Å². The molecule has 2 saturated heterocycles. The van der Waals surface area contributed by atoms with Crippen molar-refractivity contribution >= 4 is 11.8 Å². The second-order valence-corrected chi connectivity index (χ2v) is 7.94. The maximum atomic E-state index is 10.7. The summed E-state index contributed by atoms with van der Waals surface area (Å²) in [7, 11) is 0. The molecule has 14 heavy (non-hydrogen) atoms. The van der Waals surface area contributed by atoms with Crippen molar-refractivity contribution in [1.29, 1.82) is 0 Å². The van der Waals surface area contributed by atoms with Crippen molar-refractivity contribution in [2.75, 3.05) is 0 Å². The van der Waals surface area contributed by atoms with Crippen LogP contribution in [0.4, 0.5) is 0 Å². The molecule has 7 aliphatic rings. The van der Waals surface area contributed by atoms with Crippen molar-refractivity contribution < 1.29 is 10.2 Å². The Labute approximate surface area is 86.1 Å². The Morgan fingerprint density at radius 3 is 1.86 bits per heavy atom. The van der Waals surface area contributed by atoms with Gasteiger partial charge < -0.3 is 10.2 Å². The third-order valence-electron chi connectivity index (χ3n) is 6.74. The quantitative estimate of drug-likeness (QED) is 0.609. The van der Waals surface area contributed by atoms with Crippen molar-refractivity contribution in [3.05, 3.63) is 0 Å². The molecule has 5 saturated carbocycles. The number of thioether (sulfide) groups is 1. The highest BCUT2D eigenvalue weighted by Gasteiger charge is 2.96. The van der Waals surface area contributed by atoms with Gasteiger partial charge in [0.2, 0.25) is 0 Å². The number of rotatable bonds is 0. The van der Waals surface area contributed by atoms with Gasteiger partial charge in [-0.15, -0.1) is 0 Å². The molecule has 3 heteroatoms. The fourth-order valence-corrected chi connectivity index (χ4v) is 9.34. The van der Waals surface area contributed by atoms with E-state index in [1.54, 1.807) is 11.8 Å². The van der Waals surface area contributed by atoms with Gasteiger partial charge in [-0.05, 0) is 30.1 Å². The van der Waals surface area contributed by atoms with E-state index in [-0.39, 0.29) is 0 Å². The molecular weight excluding hydrogens is 196 g/mol. The van der Waals surface area contributed by atoms with Gasteiger partial charge in [0.05, 0.1) is 0 Å². The summed E-state index contributed by atoms with van der Waals surface area (Å²) in [4.78, 5) is -0.970. The molecule has 0 radical (unpaired) electrons. The molecule has 10 atom stereocenters. The highest BCUT2D eigenvalue weighted by Crippen LogP contribution is 2.95. The summed E-state index contributed by atoms with van der Waals surface area (Å²) in [6.45, 7) is 0. The van der Waals surface area contributed by atoms with Gasteiger partial charge in [-0.2, -0.15) is 0 Å². The van der Waals surface area contributed by atoms with Crippen LogP contribution < -0.4 is 0 Å². The van der Waals surface area contributed by atoms with Gasteiger partial charge in [0.1, 0.15) is 9.87 Å². The van der Waals surface area contributed by atoms with Crippen LogP contribution in [0.1, 0.15) is 6.42 Å². The maximum Gasteiger partial charge on any atom is 0.120 e. The first kappa shape index (κ1) is 6.77. The molecule has 0 amide bonds. The van der Waals surface area contributed by atoms with Crippen LogP contribution in [0.2, 0.25) is 0 Å². The maximum absolute atomic E-state index is 10.7. The Hall–Kier alpha value is 0.270. The number of hydrogen-bond donors (Lipinski definition) is 2. The second kappa shape index (κ2) is 1.36. The minimum absolute atomic E-state index is 0.479. The van der Waals surface area contributed by atoms with Crippen LogP contribution in [-0.4, -0.2) is 20.1 Å². The standard InChI is InChI=1S/C11H12O2S/c12-10-6-2-1-3-5-4(2)8(10)9(5)11(13,14-10)7(3)6/h2-9,12-13H,1H2. The Kier molecular flexibility index (Phi) is 0.659. The zero-order valence-electron chi connectivity index (χ0n) is 7.63. The van der Waals surface area contributed by atoms with Crippen molar-refractivity contribution in [3.63, 3.8) is 0 Å². The molecule has 74 valence electrons. The monoisotopic (exact) mass is 208 g/mol. The molecule has 7 rings (SSSR count). The van der Waals surface area contributed by atoms with Crippen LogP contribution in [0.5, 0.6) is 0 Å². The molecule has 2 heterocycles. The molecule has 2 nitrogen and oxygen atoms in total. The van der Waals surface area contributed by atoms with Gasteiger partial charge in [-0.1, -0.05) is 11.8 Å². The molecule has 0 spiro atoms. The summed E-state index contributed by atoms with van der Waals surface area (Å²) in [6, 6.07) is 0. The average molecular weight is 208 g/mol. The topological polar surface area (TPSA) is 40.5 Å². The van der Waals surface area contributed by atoms with Gasteiger partial charge in [-0.3, -0.25) is 0 Å². The SMILES string of the molecule is OC12SC3(O)C4C5CC(C6C5C3C61)C42. The smallest absolute Gasteiger partial charge is 0.120 e. The molecule has 2 N–H and O–H groups in total. The normalized spacial score (nSPS) is 93.0. The van der Waals surface area contributed by atoms with Crippen LogP contribution in [0.15, 0.2) is 0 Å². The molecule has 4 bridgehead atoms. The number of hydrogen-bond acceptors (Lipinski definition) is 3. The average Bonchev–Trinajstić information content (AvgIpc) is 2.60. The number of aliphatic hydroxyl groups is 2. The lowest BCUT2D eigenvalue weighted by Crippen LogP contribution is -2.51. The van der Waals surface area contributed by atoms with E-state index in [0.29, 0.717) is 23.7 Å². The lowest BCUT2D eigenvalue weighted by molar-refractivity contribution is -0.109. The lowest BCUT2D eigenvalue weighted by Gasteiger charge is -2.46. The predicted molar refractivity (Wildman–Crippen MR) is 50.0 cm³/mol. The van der Waals surface area contributed by atoms with Crippen molar-refractivity contribution in [3.8, 4) is 0 Å². The molecule has 0 aromatic rings. The van der Waals surface area contributed by atoms with Crippen LogP contribution in [0.25, 0.3) is 0 Å². The minimum atomic E-state index is -0.485. The van der Waals surface area contributed by atoms with E-state index in [4.69, 9.17) is 0 Å². The Morgan fingerprint density at radius 1 is 0.857 bits per heavy atom. The van der Waals surface area contributed by atoms with E-state index in [1.807, 2.05) is 0 Å². The van der Waals surface area contributed by atoms with E-state index in [9.17, 15) is 10.2 Å². The largest absolute Gasteiger partial charge is 0.379 e. The molecule has 7 fully saturated rings. The third kappa shape index (κ3) is 0.316. The molecule has 0 aromatic heterocycles. The highest BCUT2D eigenvalue weighted by molar-refractivity contribution is 8.02. The summed E-state index contributed by atoms with van der Waals surface area (Å²) < 4.78 is 0. The van der Waals surface area contributed by atoms with Gasteiger partial charge in [0.15, 0.2) is 0 Å². The van der Waals surface area contributed by atoms with Gasteiger partial charge in [-0.25, -0.2) is 0 Å².